The first-order valence-electron chi connectivity index (χ1n) is 9.57. The third kappa shape index (κ3) is 5.87. The van der Waals surface area contributed by atoms with Gasteiger partial charge in [-0.05, 0) is 48.2 Å². The molecule has 1 aliphatic carbocycles. The molecule has 0 heterocycles. The Morgan fingerprint density at radius 2 is 1.07 bits per heavy atom. The molecule has 0 unspecified atom stereocenters. The second kappa shape index (κ2) is 9.44. The molecule has 0 aliphatic heterocycles. The van der Waals surface area contributed by atoms with Gasteiger partial charge in [0.1, 0.15) is 11.6 Å². The summed E-state index contributed by atoms with van der Waals surface area (Å²) in [6.07, 6.45) is 3.94. The van der Waals surface area contributed by atoms with E-state index in [4.69, 9.17) is 0 Å². The van der Waals surface area contributed by atoms with Gasteiger partial charge < -0.3 is 10.6 Å². The van der Waals surface area contributed by atoms with Crippen LogP contribution in [0.1, 0.15) is 36.8 Å². The highest BCUT2D eigenvalue weighted by molar-refractivity contribution is 5.80. The number of halogens is 2. The SMILES string of the molecule is O=C(Cc1ccc(F)cc1)N[C@H]1CCCC[C@H]1NC(=O)Cc1ccc(F)cc1. The average Bonchev–Trinajstić information content (AvgIpc) is 2.67. The van der Waals surface area contributed by atoms with E-state index in [1.807, 2.05) is 0 Å². The van der Waals surface area contributed by atoms with Crippen LogP contribution in [0.15, 0.2) is 48.5 Å². The monoisotopic (exact) mass is 386 g/mol. The quantitative estimate of drug-likeness (QED) is 0.800. The predicted octanol–water partition coefficient (Wildman–Crippen LogP) is 3.29. The molecule has 2 atom stereocenters. The Balaban J connectivity index is 1.54. The molecule has 0 spiro atoms. The van der Waals surface area contributed by atoms with Crippen molar-refractivity contribution in [1.29, 1.82) is 0 Å². The number of hydrogen-bond donors (Lipinski definition) is 2. The number of nitrogens with one attached hydrogen (secondary N) is 2. The molecule has 0 radical (unpaired) electrons. The fourth-order valence-corrected chi connectivity index (χ4v) is 3.57. The van der Waals surface area contributed by atoms with Crippen LogP contribution in [0.3, 0.4) is 0 Å². The number of hydrogen-bond acceptors (Lipinski definition) is 2. The lowest BCUT2D eigenvalue weighted by Crippen LogP contribution is -2.53. The molecule has 28 heavy (non-hydrogen) atoms. The van der Waals surface area contributed by atoms with Crippen LogP contribution in [0, 0.1) is 11.6 Å². The minimum Gasteiger partial charge on any atom is -0.351 e. The van der Waals surface area contributed by atoms with Crippen molar-refractivity contribution < 1.29 is 18.4 Å². The standard InChI is InChI=1S/C22H24F2N2O2/c23-17-9-5-15(6-10-17)13-21(27)25-19-3-1-2-4-20(19)26-22(28)14-16-7-11-18(24)12-8-16/h5-12,19-20H,1-4,13-14H2,(H,25,27)(H,26,28)/t19-,20+. The summed E-state index contributed by atoms with van der Waals surface area (Å²) in [5, 5.41) is 6.02. The van der Waals surface area contributed by atoms with Gasteiger partial charge in [0.2, 0.25) is 11.8 Å². The Kier molecular flexibility index (Phi) is 6.74. The first kappa shape index (κ1) is 20.0. The van der Waals surface area contributed by atoms with Gasteiger partial charge in [0, 0.05) is 12.1 Å². The summed E-state index contributed by atoms with van der Waals surface area (Å²) in [4.78, 5) is 24.7. The zero-order valence-corrected chi connectivity index (χ0v) is 15.6. The van der Waals surface area contributed by atoms with E-state index in [1.165, 1.54) is 24.3 Å². The van der Waals surface area contributed by atoms with E-state index < -0.39 is 0 Å². The van der Waals surface area contributed by atoms with Crippen LogP contribution in [0.2, 0.25) is 0 Å². The summed E-state index contributed by atoms with van der Waals surface area (Å²) in [6.45, 7) is 0. The van der Waals surface area contributed by atoms with E-state index in [0.717, 1.165) is 36.8 Å². The lowest BCUT2D eigenvalue weighted by atomic mass is 9.89. The van der Waals surface area contributed by atoms with E-state index in [9.17, 15) is 18.4 Å². The van der Waals surface area contributed by atoms with Gasteiger partial charge >= 0.3 is 0 Å². The molecule has 0 bridgehead atoms. The number of benzene rings is 2. The highest BCUT2D eigenvalue weighted by atomic mass is 19.1. The van der Waals surface area contributed by atoms with E-state index in [2.05, 4.69) is 10.6 Å². The zero-order chi connectivity index (χ0) is 19.9. The summed E-state index contributed by atoms with van der Waals surface area (Å²) in [6, 6.07) is 11.5. The number of carbonyl (C=O) groups is 2. The van der Waals surface area contributed by atoms with Crippen LogP contribution in [0.25, 0.3) is 0 Å². The molecule has 0 saturated heterocycles. The highest BCUT2D eigenvalue weighted by Crippen LogP contribution is 2.19. The van der Waals surface area contributed by atoms with Crippen molar-refractivity contribution in [3.8, 4) is 0 Å². The Labute approximate surface area is 163 Å². The van der Waals surface area contributed by atoms with Gasteiger partial charge in [-0.3, -0.25) is 9.59 Å². The fraction of sp³-hybridized carbons (Fsp3) is 0.364. The first-order valence-corrected chi connectivity index (χ1v) is 9.57. The molecular formula is C22H24F2N2O2. The largest absolute Gasteiger partial charge is 0.351 e. The average molecular weight is 386 g/mol. The van der Waals surface area contributed by atoms with Gasteiger partial charge in [-0.1, -0.05) is 37.1 Å². The second-order valence-corrected chi connectivity index (χ2v) is 7.24. The normalized spacial score (nSPS) is 19.1. The molecule has 6 heteroatoms. The molecule has 1 saturated carbocycles. The van der Waals surface area contributed by atoms with Gasteiger partial charge in [-0.25, -0.2) is 8.78 Å². The molecule has 2 aromatic rings. The molecule has 4 nitrogen and oxygen atoms in total. The third-order valence-corrected chi connectivity index (χ3v) is 5.01. The van der Waals surface area contributed by atoms with E-state index in [1.54, 1.807) is 24.3 Å². The minimum absolute atomic E-state index is 0.126. The zero-order valence-electron chi connectivity index (χ0n) is 15.6. The lowest BCUT2D eigenvalue weighted by Gasteiger charge is -2.33. The van der Waals surface area contributed by atoms with Crippen LogP contribution < -0.4 is 10.6 Å². The van der Waals surface area contributed by atoms with Crippen molar-refractivity contribution in [3.63, 3.8) is 0 Å². The first-order chi connectivity index (χ1) is 13.5. The summed E-state index contributed by atoms with van der Waals surface area (Å²) in [5.41, 5.74) is 1.48. The topological polar surface area (TPSA) is 58.2 Å². The summed E-state index contributed by atoms with van der Waals surface area (Å²) in [7, 11) is 0. The Hall–Kier alpha value is -2.76. The van der Waals surface area contributed by atoms with Crippen LogP contribution in [-0.2, 0) is 22.4 Å². The maximum absolute atomic E-state index is 13.0. The van der Waals surface area contributed by atoms with E-state index >= 15 is 0 Å². The minimum atomic E-state index is -0.333. The predicted molar refractivity (Wildman–Crippen MR) is 103 cm³/mol. The van der Waals surface area contributed by atoms with Gasteiger partial charge in [0.25, 0.3) is 0 Å². The Morgan fingerprint density at radius 1 is 0.714 bits per heavy atom. The molecule has 148 valence electrons. The van der Waals surface area contributed by atoms with E-state index in [-0.39, 0.29) is 48.4 Å². The number of amides is 2. The fourth-order valence-electron chi connectivity index (χ4n) is 3.57. The van der Waals surface area contributed by atoms with Gasteiger partial charge in [-0.15, -0.1) is 0 Å². The van der Waals surface area contributed by atoms with Crippen molar-refractivity contribution in [3.05, 3.63) is 71.3 Å². The van der Waals surface area contributed by atoms with Gasteiger partial charge in [0.15, 0.2) is 0 Å². The highest BCUT2D eigenvalue weighted by Gasteiger charge is 2.27. The molecule has 3 rings (SSSR count). The molecule has 1 aliphatic rings. The Morgan fingerprint density at radius 3 is 1.43 bits per heavy atom. The lowest BCUT2D eigenvalue weighted by molar-refractivity contribution is -0.124. The molecule has 0 aromatic heterocycles. The molecule has 2 N–H and O–H groups in total. The summed E-state index contributed by atoms with van der Waals surface area (Å²) >= 11 is 0. The van der Waals surface area contributed by atoms with Crippen molar-refractivity contribution in [1.82, 2.24) is 10.6 Å². The molecule has 1 fully saturated rings. The number of rotatable bonds is 6. The van der Waals surface area contributed by atoms with Crippen molar-refractivity contribution >= 4 is 11.8 Å². The van der Waals surface area contributed by atoms with Crippen LogP contribution in [0.4, 0.5) is 8.78 Å². The maximum atomic E-state index is 13.0. The summed E-state index contributed by atoms with van der Waals surface area (Å²) < 4.78 is 26.0. The second-order valence-electron chi connectivity index (χ2n) is 7.24. The van der Waals surface area contributed by atoms with Crippen molar-refractivity contribution in [2.45, 2.75) is 50.6 Å². The third-order valence-electron chi connectivity index (χ3n) is 5.01. The van der Waals surface area contributed by atoms with Gasteiger partial charge in [0.05, 0.1) is 12.8 Å². The molecular weight excluding hydrogens is 362 g/mol. The molecule has 2 amide bonds. The van der Waals surface area contributed by atoms with Gasteiger partial charge in [-0.2, -0.15) is 0 Å². The molecule has 2 aromatic carbocycles. The van der Waals surface area contributed by atoms with Crippen molar-refractivity contribution in [2.75, 3.05) is 0 Å². The maximum Gasteiger partial charge on any atom is 0.224 e. The summed E-state index contributed by atoms with van der Waals surface area (Å²) in [5.74, 6) is -0.951. The Bertz CT molecular complexity index is 737. The smallest absolute Gasteiger partial charge is 0.224 e. The number of carbonyl (C=O) groups excluding carboxylic acids is 2. The van der Waals surface area contributed by atoms with E-state index in [0.29, 0.717) is 0 Å². The van der Waals surface area contributed by atoms with Crippen LogP contribution in [0.5, 0.6) is 0 Å². The van der Waals surface area contributed by atoms with Crippen LogP contribution in [-0.4, -0.2) is 23.9 Å². The van der Waals surface area contributed by atoms with Crippen molar-refractivity contribution in [2.24, 2.45) is 0 Å². The van der Waals surface area contributed by atoms with Crippen LogP contribution >= 0.6 is 0 Å².